The topological polar surface area (TPSA) is 80.9 Å². The number of carbonyl (C=O) groups excluding carboxylic acids is 1. The van der Waals surface area contributed by atoms with Gasteiger partial charge in [-0.25, -0.2) is 9.78 Å². The molecule has 1 atom stereocenters. The molecule has 25 heavy (non-hydrogen) atoms. The third kappa shape index (κ3) is 4.10. The van der Waals surface area contributed by atoms with Gasteiger partial charge in [-0.3, -0.25) is 9.20 Å². The first kappa shape index (κ1) is 16.9. The minimum Gasteiger partial charge on any atom is -0.457 e. The molecule has 0 aliphatic heterocycles. The standard InChI is InChI=1S/C19H18N2O4/c1-13-7-8-17-20-15(10-18(23)21(17)11-13)12-25-19(24)16(22)9-14-5-3-2-4-6-14/h2-8,10-11,16,22H,9,12H2,1H3/t16-/m0/s1. The lowest BCUT2D eigenvalue weighted by Crippen LogP contribution is -2.26. The number of fused-ring (bicyclic) bond motifs is 1. The van der Waals surface area contributed by atoms with Crippen LogP contribution in [0.4, 0.5) is 0 Å². The highest BCUT2D eigenvalue weighted by Crippen LogP contribution is 2.07. The number of hydrogen-bond donors (Lipinski definition) is 1. The molecular weight excluding hydrogens is 320 g/mol. The number of ether oxygens (including phenoxy) is 1. The van der Waals surface area contributed by atoms with E-state index in [1.54, 1.807) is 12.3 Å². The highest BCUT2D eigenvalue weighted by Gasteiger charge is 2.17. The number of aliphatic hydroxyl groups is 1. The highest BCUT2D eigenvalue weighted by atomic mass is 16.5. The molecule has 0 saturated heterocycles. The minimum atomic E-state index is -1.26. The van der Waals surface area contributed by atoms with Gasteiger partial charge in [0.05, 0.1) is 5.69 Å². The second kappa shape index (κ2) is 7.27. The molecule has 0 aliphatic carbocycles. The van der Waals surface area contributed by atoms with Gasteiger partial charge in [0, 0.05) is 18.7 Å². The lowest BCUT2D eigenvalue weighted by molar-refractivity contribution is -0.154. The van der Waals surface area contributed by atoms with Gasteiger partial charge < -0.3 is 9.84 Å². The number of aromatic nitrogens is 2. The Morgan fingerprint density at radius 3 is 2.76 bits per heavy atom. The Morgan fingerprint density at radius 2 is 2.00 bits per heavy atom. The Bertz CT molecular complexity index is 951. The maximum absolute atomic E-state index is 12.1. The summed E-state index contributed by atoms with van der Waals surface area (Å²) in [6.45, 7) is 1.72. The molecule has 0 radical (unpaired) electrons. The number of benzene rings is 1. The predicted molar refractivity (Wildman–Crippen MR) is 92.1 cm³/mol. The van der Waals surface area contributed by atoms with Crippen LogP contribution in [0, 0.1) is 6.92 Å². The molecule has 0 bridgehead atoms. The number of carbonyl (C=O) groups is 1. The average molecular weight is 338 g/mol. The van der Waals surface area contributed by atoms with E-state index in [9.17, 15) is 14.7 Å². The quantitative estimate of drug-likeness (QED) is 0.716. The van der Waals surface area contributed by atoms with Crippen molar-refractivity contribution in [2.45, 2.75) is 26.1 Å². The van der Waals surface area contributed by atoms with Crippen LogP contribution in [0.15, 0.2) is 59.5 Å². The van der Waals surface area contributed by atoms with Crippen molar-refractivity contribution in [1.82, 2.24) is 9.38 Å². The molecule has 0 spiro atoms. The Labute approximate surface area is 144 Å². The molecule has 2 aromatic heterocycles. The van der Waals surface area contributed by atoms with Crippen LogP contribution in [0.25, 0.3) is 5.65 Å². The molecule has 3 rings (SSSR count). The van der Waals surface area contributed by atoms with E-state index < -0.39 is 12.1 Å². The molecule has 128 valence electrons. The van der Waals surface area contributed by atoms with Crippen LogP contribution in [0.2, 0.25) is 0 Å². The van der Waals surface area contributed by atoms with Gasteiger partial charge >= 0.3 is 5.97 Å². The van der Waals surface area contributed by atoms with Crippen LogP contribution in [0.5, 0.6) is 0 Å². The molecule has 0 saturated carbocycles. The largest absolute Gasteiger partial charge is 0.457 e. The summed E-state index contributed by atoms with van der Waals surface area (Å²) in [4.78, 5) is 28.3. The monoisotopic (exact) mass is 338 g/mol. The van der Waals surface area contributed by atoms with Gasteiger partial charge in [0.15, 0.2) is 6.10 Å². The third-order valence-corrected chi connectivity index (χ3v) is 3.77. The summed E-state index contributed by atoms with van der Waals surface area (Å²) in [6, 6.07) is 14.1. The number of pyridine rings is 1. The Morgan fingerprint density at radius 1 is 1.24 bits per heavy atom. The molecule has 1 N–H and O–H groups in total. The minimum absolute atomic E-state index is 0.162. The number of aliphatic hydroxyl groups excluding tert-OH is 1. The van der Waals surface area contributed by atoms with Crippen molar-refractivity contribution in [3.05, 3.63) is 81.9 Å². The number of rotatable bonds is 5. The van der Waals surface area contributed by atoms with E-state index >= 15 is 0 Å². The third-order valence-electron chi connectivity index (χ3n) is 3.77. The van der Waals surface area contributed by atoms with Gasteiger partial charge in [0.1, 0.15) is 12.3 Å². The van der Waals surface area contributed by atoms with Crippen LogP contribution < -0.4 is 5.56 Å². The first-order valence-corrected chi connectivity index (χ1v) is 7.90. The summed E-state index contributed by atoms with van der Waals surface area (Å²) >= 11 is 0. The molecule has 6 nitrogen and oxygen atoms in total. The number of nitrogens with zero attached hydrogens (tertiary/aromatic N) is 2. The van der Waals surface area contributed by atoms with Crippen molar-refractivity contribution in [3.8, 4) is 0 Å². The first-order chi connectivity index (χ1) is 12.0. The zero-order valence-electron chi connectivity index (χ0n) is 13.8. The average Bonchev–Trinajstić information content (AvgIpc) is 2.61. The molecule has 1 aromatic carbocycles. The normalized spacial score (nSPS) is 12.1. The van der Waals surface area contributed by atoms with E-state index in [4.69, 9.17) is 4.74 Å². The summed E-state index contributed by atoms with van der Waals surface area (Å²) < 4.78 is 6.53. The summed E-state index contributed by atoms with van der Waals surface area (Å²) in [7, 11) is 0. The van der Waals surface area contributed by atoms with E-state index in [1.807, 2.05) is 43.3 Å². The van der Waals surface area contributed by atoms with Crippen LogP contribution in [-0.2, 0) is 22.6 Å². The number of aryl methyl sites for hydroxylation is 1. The maximum Gasteiger partial charge on any atom is 0.335 e. The molecular formula is C19H18N2O4. The van der Waals surface area contributed by atoms with Crippen LogP contribution in [0.3, 0.4) is 0 Å². The summed E-state index contributed by atoms with van der Waals surface area (Å²) in [5, 5.41) is 9.95. The van der Waals surface area contributed by atoms with Gasteiger partial charge in [0.25, 0.3) is 5.56 Å². The van der Waals surface area contributed by atoms with Crippen LogP contribution in [-0.4, -0.2) is 26.6 Å². The van der Waals surface area contributed by atoms with Crippen molar-refractivity contribution in [3.63, 3.8) is 0 Å². The van der Waals surface area contributed by atoms with E-state index in [0.29, 0.717) is 11.3 Å². The Kier molecular flexibility index (Phi) is 4.90. The SMILES string of the molecule is Cc1ccc2nc(COC(=O)[C@@H](O)Cc3ccccc3)cc(=O)n2c1. The van der Waals surface area contributed by atoms with Gasteiger partial charge in [-0.1, -0.05) is 36.4 Å². The van der Waals surface area contributed by atoms with E-state index in [2.05, 4.69) is 4.98 Å². The number of hydrogen-bond acceptors (Lipinski definition) is 5. The Hall–Kier alpha value is -2.99. The van der Waals surface area contributed by atoms with Crippen LogP contribution >= 0.6 is 0 Å². The van der Waals surface area contributed by atoms with Gasteiger partial charge in [-0.2, -0.15) is 0 Å². The lowest BCUT2D eigenvalue weighted by Gasteiger charge is -2.11. The van der Waals surface area contributed by atoms with Crippen molar-refractivity contribution < 1.29 is 14.6 Å². The predicted octanol–water partition coefficient (Wildman–Crippen LogP) is 1.65. The summed E-state index contributed by atoms with van der Waals surface area (Å²) in [5.74, 6) is -0.741. The van der Waals surface area contributed by atoms with Crippen LogP contribution in [0.1, 0.15) is 16.8 Å². The van der Waals surface area contributed by atoms with E-state index in [1.165, 1.54) is 10.5 Å². The second-order valence-corrected chi connectivity index (χ2v) is 5.83. The van der Waals surface area contributed by atoms with Gasteiger partial charge in [-0.15, -0.1) is 0 Å². The summed E-state index contributed by atoms with van der Waals surface area (Å²) in [5.41, 5.74) is 2.36. The van der Waals surface area contributed by atoms with Crippen molar-refractivity contribution in [2.24, 2.45) is 0 Å². The second-order valence-electron chi connectivity index (χ2n) is 5.83. The maximum atomic E-state index is 12.1. The zero-order chi connectivity index (χ0) is 17.8. The fourth-order valence-corrected chi connectivity index (χ4v) is 2.49. The molecule has 3 aromatic rings. The smallest absolute Gasteiger partial charge is 0.335 e. The summed E-state index contributed by atoms with van der Waals surface area (Å²) in [6.07, 6.45) is 0.614. The lowest BCUT2D eigenvalue weighted by atomic mass is 10.1. The molecule has 0 fully saturated rings. The van der Waals surface area contributed by atoms with Gasteiger partial charge in [-0.05, 0) is 24.1 Å². The molecule has 0 aliphatic rings. The molecule has 2 heterocycles. The van der Waals surface area contributed by atoms with Gasteiger partial charge in [0.2, 0.25) is 0 Å². The fraction of sp³-hybridized carbons (Fsp3) is 0.211. The molecule has 6 heteroatoms. The number of esters is 1. The molecule has 0 amide bonds. The van der Waals surface area contributed by atoms with E-state index in [0.717, 1.165) is 11.1 Å². The fourth-order valence-electron chi connectivity index (χ4n) is 2.49. The molecule has 0 unspecified atom stereocenters. The van der Waals surface area contributed by atoms with Crippen molar-refractivity contribution in [1.29, 1.82) is 0 Å². The highest BCUT2D eigenvalue weighted by molar-refractivity contribution is 5.74. The van der Waals surface area contributed by atoms with Crippen molar-refractivity contribution >= 4 is 11.6 Å². The Balaban J connectivity index is 1.66. The zero-order valence-corrected chi connectivity index (χ0v) is 13.8. The van der Waals surface area contributed by atoms with E-state index in [-0.39, 0.29) is 18.6 Å². The van der Waals surface area contributed by atoms with Crippen molar-refractivity contribution in [2.75, 3.05) is 0 Å². The first-order valence-electron chi connectivity index (χ1n) is 7.90.